The van der Waals surface area contributed by atoms with Gasteiger partial charge in [0.2, 0.25) is 0 Å². The highest BCUT2D eigenvalue weighted by atomic mass is 32.2. The number of carbonyl (C=O) groups excluding carboxylic acids is 1. The summed E-state index contributed by atoms with van der Waals surface area (Å²) in [6.07, 6.45) is 5.44. The van der Waals surface area contributed by atoms with Crippen LogP contribution in [-0.4, -0.2) is 26.9 Å². The van der Waals surface area contributed by atoms with E-state index in [1.54, 1.807) is 24.2 Å². The first-order valence-corrected chi connectivity index (χ1v) is 8.59. The number of hydrogen-bond acceptors (Lipinski definition) is 4. The van der Waals surface area contributed by atoms with Gasteiger partial charge in [-0.05, 0) is 50.4 Å². The molecule has 5 nitrogen and oxygen atoms in total. The van der Waals surface area contributed by atoms with Crippen molar-refractivity contribution in [3.05, 3.63) is 48.3 Å². The van der Waals surface area contributed by atoms with Crippen LogP contribution in [0.2, 0.25) is 0 Å². The third kappa shape index (κ3) is 3.22. The van der Waals surface area contributed by atoms with E-state index in [4.69, 9.17) is 0 Å². The second-order valence-electron chi connectivity index (χ2n) is 5.50. The van der Waals surface area contributed by atoms with Gasteiger partial charge in [-0.25, -0.2) is 9.67 Å². The summed E-state index contributed by atoms with van der Waals surface area (Å²) in [5.74, 6) is -0.143. The molecule has 0 unspecified atom stereocenters. The lowest BCUT2D eigenvalue weighted by molar-refractivity contribution is 0.102. The average molecular weight is 326 g/mol. The molecule has 0 bridgehead atoms. The SMILES string of the molecule is CSc1ccc(C(=O)Nc2cnc3c(cnn3C(C)C)c2)cc1. The number of thioether (sulfide) groups is 1. The summed E-state index contributed by atoms with van der Waals surface area (Å²) in [5.41, 5.74) is 2.11. The molecule has 0 spiro atoms. The van der Waals surface area contributed by atoms with Gasteiger partial charge in [0.1, 0.15) is 0 Å². The monoisotopic (exact) mass is 326 g/mol. The van der Waals surface area contributed by atoms with E-state index in [0.717, 1.165) is 15.9 Å². The molecule has 0 saturated heterocycles. The number of amides is 1. The summed E-state index contributed by atoms with van der Waals surface area (Å²) < 4.78 is 1.86. The van der Waals surface area contributed by atoms with Crippen LogP contribution in [-0.2, 0) is 0 Å². The van der Waals surface area contributed by atoms with Gasteiger partial charge < -0.3 is 5.32 Å². The minimum absolute atomic E-state index is 0.143. The number of nitrogens with zero attached hydrogens (tertiary/aromatic N) is 3. The molecular formula is C17H18N4OS. The molecule has 1 aromatic carbocycles. The van der Waals surface area contributed by atoms with Crippen LogP contribution in [0, 0.1) is 0 Å². The summed E-state index contributed by atoms with van der Waals surface area (Å²) >= 11 is 1.65. The van der Waals surface area contributed by atoms with Crippen molar-refractivity contribution in [1.29, 1.82) is 0 Å². The molecule has 2 heterocycles. The van der Waals surface area contributed by atoms with Crippen molar-refractivity contribution in [2.75, 3.05) is 11.6 Å². The normalized spacial score (nSPS) is 11.1. The summed E-state index contributed by atoms with van der Waals surface area (Å²) in [6, 6.07) is 9.66. The number of fused-ring (bicyclic) bond motifs is 1. The largest absolute Gasteiger partial charge is 0.321 e. The number of benzene rings is 1. The van der Waals surface area contributed by atoms with Crippen LogP contribution >= 0.6 is 11.8 Å². The number of rotatable bonds is 4. The maximum atomic E-state index is 12.3. The van der Waals surface area contributed by atoms with Gasteiger partial charge in [0, 0.05) is 21.9 Å². The topological polar surface area (TPSA) is 59.8 Å². The standard InChI is InChI=1S/C17H18N4OS/c1-11(2)21-16-13(9-19-21)8-14(10-18-16)20-17(22)12-4-6-15(23-3)7-5-12/h4-11H,1-3H3,(H,20,22). The fraction of sp³-hybridized carbons (Fsp3) is 0.235. The first-order chi connectivity index (χ1) is 11.1. The number of aromatic nitrogens is 3. The molecule has 2 aromatic heterocycles. The fourth-order valence-electron chi connectivity index (χ4n) is 2.33. The van der Waals surface area contributed by atoms with E-state index in [1.165, 1.54) is 0 Å². The van der Waals surface area contributed by atoms with Crippen LogP contribution < -0.4 is 5.32 Å². The molecular weight excluding hydrogens is 308 g/mol. The average Bonchev–Trinajstić information content (AvgIpc) is 2.98. The predicted molar refractivity (Wildman–Crippen MR) is 94.1 cm³/mol. The highest BCUT2D eigenvalue weighted by Crippen LogP contribution is 2.20. The van der Waals surface area contributed by atoms with Crippen LogP contribution in [0.3, 0.4) is 0 Å². The molecule has 3 aromatic rings. The molecule has 0 aliphatic rings. The van der Waals surface area contributed by atoms with Crippen LogP contribution in [0.25, 0.3) is 11.0 Å². The van der Waals surface area contributed by atoms with Gasteiger partial charge in [-0.1, -0.05) is 0 Å². The fourth-order valence-corrected chi connectivity index (χ4v) is 2.74. The number of pyridine rings is 1. The minimum Gasteiger partial charge on any atom is -0.321 e. The van der Waals surface area contributed by atoms with Crippen LogP contribution in [0.1, 0.15) is 30.2 Å². The van der Waals surface area contributed by atoms with Gasteiger partial charge in [-0.15, -0.1) is 11.8 Å². The van der Waals surface area contributed by atoms with Crippen molar-refractivity contribution in [3.63, 3.8) is 0 Å². The summed E-state index contributed by atoms with van der Waals surface area (Å²) in [7, 11) is 0. The van der Waals surface area contributed by atoms with Crippen molar-refractivity contribution in [3.8, 4) is 0 Å². The Balaban J connectivity index is 1.81. The third-order valence-corrected chi connectivity index (χ3v) is 4.28. The third-order valence-electron chi connectivity index (χ3n) is 3.53. The lowest BCUT2D eigenvalue weighted by Gasteiger charge is -2.08. The quantitative estimate of drug-likeness (QED) is 0.737. The number of anilines is 1. The van der Waals surface area contributed by atoms with Crippen molar-refractivity contribution in [2.45, 2.75) is 24.8 Å². The Morgan fingerprint density at radius 1 is 1.22 bits per heavy atom. The zero-order chi connectivity index (χ0) is 16.4. The Labute approximate surface area is 139 Å². The van der Waals surface area contributed by atoms with E-state index < -0.39 is 0 Å². The van der Waals surface area contributed by atoms with E-state index >= 15 is 0 Å². The van der Waals surface area contributed by atoms with Crippen molar-refractivity contribution >= 4 is 34.4 Å². The van der Waals surface area contributed by atoms with E-state index in [2.05, 4.69) is 29.2 Å². The molecule has 0 radical (unpaired) electrons. The Morgan fingerprint density at radius 2 is 1.96 bits per heavy atom. The van der Waals surface area contributed by atoms with Gasteiger partial charge in [0.15, 0.2) is 5.65 Å². The zero-order valence-electron chi connectivity index (χ0n) is 13.3. The van der Waals surface area contributed by atoms with Crippen LogP contribution in [0.4, 0.5) is 5.69 Å². The van der Waals surface area contributed by atoms with Crippen molar-refractivity contribution in [2.24, 2.45) is 0 Å². The molecule has 0 fully saturated rings. The number of hydrogen-bond donors (Lipinski definition) is 1. The molecule has 0 aliphatic carbocycles. The van der Waals surface area contributed by atoms with Gasteiger partial charge in [0.05, 0.1) is 18.1 Å². The molecule has 23 heavy (non-hydrogen) atoms. The summed E-state index contributed by atoms with van der Waals surface area (Å²) in [5, 5.41) is 8.12. The second-order valence-corrected chi connectivity index (χ2v) is 6.38. The number of nitrogens with one attached hydrogen (secondary N) is 1. The molecule has 0 aliphatic heterocycles. The van der Waals surface area contributed by atoms with Gasteiger partial charge in [-0.3, -0.25) is 4.79 Å². The molecule has 1 N–H and O–H groups in total. The summed E-state index contributed by atoms with van der Waals surface area (Å²) in [4.78, 5) is 17.8. The lowest BCUT2D eigenvalue weighted by atomic mass is 10.2. The molecule has 118 valence electrons. The summed E-state index contributed by atoms with van der Waals surface area (Å²) in [6.45, 7) is 4.12. The Bertz CT molecular complexity index is 839. The number of carbonyl (C=O) groups is 1. The van der Waals surface area contributed by atoms with Crippen molar-refractivity contribution in [1.82, 2.24) is 14.8 Å². The highest BCUT2D eigenvalue weighted by Gasteiger charge is 2.10. The van der Waals surface area contributed by atoms with Crippen LogP contribution in [0.15, 0.2) is 47.6 Å². The lowest BCUT2D eigenvalue weighted by Crippen LogP contribution is -2.12. The van der Waals surface area contributed by atoms with E-state index in [9.17, 15) is 4.79 Å². The van der Waals surface area contributed by atoms with Gasteiger partial charge >= 0.3 is 0 Å². The van der Waals surface area contributed by atoms with Gasteiger partial charge in [-0.2, -0.15) is 5.10 Å². The molecule has 6 heteroatoms. The van der Waals surface area contributed by atoms with Crippen molar-refractivity contribution < 1.29 is 4.79 Å². The minimum atomic E-state index is -0.143. The Kier molecular flexibility index (Phi) is 4.34. The molecule has 0 atom stereocenters. The smallest absolute Gasteiger partial charge is 0.255 e. The first kappa shape index (κ1) is 15.6. The maximum absolute atomic E-state index is 12.3. The maximum Gasteiger partial charge on any atom is 0.255 e. The van der Waals surface area contributed by atoms with Crippen LogP contribution in [0.5, 0.6) is 0 Å². The predicted octanol–water partition coefficient (Wildman–Crippen LogP) is 3.99. The van der Waals surface area contributed by atoms with E-state index in [-0.39, 0.29) is 11.9 Å². The molecule has 1 amide bonds. The Morgan fingerprint density at radius 3 is 2.61 bits per heavy atom. The highest BCUT2D eigenvalue weighted by molar-refractivity contribution is 7.98. The zero-order valence-corrected chi connectivity index (χ0v) is 14.1. The van der Waals surface area contributed by atoms with E-state index in [0.29, 0.717) is 11.3 Å². The molecule has 0 saturated carbocycles. The second kappa shape index (κ2) is 6.42. The first-order valence-electron chi connectivity index (χ1n) is 7.37. The Hall–Kier alpha value is -2.34. The van der Waals surface area contributed by atoms with E-state index in [1.807, 2.05) is 41.3 Å². The van der Waals surface area contributed by atoms with Gasteiger partial charge in [0.25, 0.3) is 5.91 Å². The molecule has 3 rings (SSSR count).